The Bertz CT molecular complexity index is 361. The lowest BCUT2D eigenvalue weighted by atomic mass is 9.71. The number of rotatable bonds is 4. The Hall–Kier alpha value is -1.25. The van der Waals surface area contributed by atoms with Crippen molar-refractivity contribution < 1.29 is 9.57 Å². The van der Waals surface area contributed by atoms with Gasteiger partial charge in [-0.2, -0.15) is 0 Å². The molecule has 2 rings (SSSR count). The smallest absolute Gasteiger partial charge is 0.207 e. The van der Waals surface area contributed by atoms with Crippen LogP contribution in [0.3, 0.4) is 0 Å². The fourth-order valence-electron chi connectivity index (χ4n) is 3.01. The molecule has 0 aromatic carbocycles. The topological polar surface area (TPSA) is 30.8 Å². The number of fused-ring (bicyclic) bond motifs is 1. The lowest BCUT2D eigenvalue weighted by Crippen LogP contribution is -2.45. The van der Waals surface area contributed by atoms with Crippen molar-refractivity contribution in [3.63, 3.8) is 0 Å². The summed E-state index contributed by atoms with van der Waals surface area (Å²) >= 11 is 0. The molecule has 0 aromatic heterocycles. The van der Waals surface area contributed by atoms with Crippen LogP contribution in [0.15, 0.2) is 30.1 Å². The number of nitrogens with zero attached hydrogens (tertiary/aromatic N) is 1. The molecule has 1 heterocycles. The molecule has 0 spiro atoms. The predicted molar refractivity (Wildman–Crippen MR) is 64.2 cm³/mol. The van der Waals surface area contributed by atoms with Crippen LogP contribution in [0, 0.1) is 5.41 Å². The van der Waals surface area contributed by atoms with Gasteiger partial charge in [-0.25, -0.2) is 0 Å². The van der Waals surface area contributed by atoms with Crippen LogP contribution in [0.2, 0.25) is 0 Å². The van der Waals surface area contributed by atoms with Gasteiger partial charge in [0.15, 0.2) is 0 Å². The fraction of sp³-hybridized carbons (Fsp3) is 0.615. The summed E-state index contributed by atoms with van der Waals surface area (Å²) in [5.74, 6) is 0.688. The third-order valence-electron chi connectivity index (χ3n) is 3.92. The van der Waals surface area contributed by atoms with Crippen molar-refractivity contribution in [3.8, 4) is 0 Å². The summed E-state index contributed by atoms with van der Waals surface area (Å²) in [4.78, 5) is 5.68. The summed E-state index contributed by atoms with van der Waals surface area (Å²) in [6.07, 6.45) is 4.96. The van der Waals surface area contributed by atoms with E-state index in [-0.39, 0.29) is 5.41 Å². The van der Waals surface area contributed by atoms with Crippen molar-refractivity contribution in [2.75, 3.05) is 6.61 Å². The minimum atomic E-state index is -0.505. The number of oxime groups is 1. The van der Waals surface area contributed by atoms with Crippen LogP contribution in [0.25, 0.3) is 0 Å². The fourth-order valence-corrected chi connectivity index (χ4v) is 3.01. The molecule has 1 aliphatic heterocycles. The van der Waals surface area contributed by atoms with E-state index in [0.717, 1.165) is 25.0 Å². The molecule has 0 N–H and O–H groups in total. The van der Waals surface area contributed by atoms with Crippen molar-refractivity contribution in [2.45, 2.75) is 38.7 Å². The lowest BCUT2D eigenvalue weighted by Gasteiger charge is -2.36. The summed E-state index contributed by atoms with van der Waals surface area (Å²) in [6.45, 7) is 12.5. The molecule has 2 atom stereocenters. The van der Waals surface area contributed by atoms with Crippen molar-refractivity contribution in [1.82, 2.24) is 0 Å². The maximum Gasteiger partial charge on any atom is 0.207 e. The highest BCUT2D eigenvalue weighted by Gasteiger charge is 2.63. The van der Waals surface area contributed by atoms with Gasteiger partial charge < -0.3 is 9.57 Å². The Balaban J connectivity index is 2.41. The molecule has 1 fully saturated rings. The average molecular weight is 221 g/mol. The Labute approximate surface area is 96.8 Å². The number of ether oxygens (including phenoxy) is 1. The summed E-state index contributed by atoms with van der Waals surface area (Å²) in [7, 11) is 0. The minimum Gasteiger partial charge on any atom is -0.494 e. The molecule has 0 bridgehead atoms. The minimum absolute atomic E-state index is 0.209. The Morgan fingerprint density at radius 2 is 2.38 bits per heavy atom. The van der Waals surface area contributed by atoms with Gasteiger partial charge in [0.05, 0.1) is 17.7 Å². The van der Waals surface area contributed by atoms with Crippen LogP contribution < -0.4 is 0 Å². The summed E-state index contributed by atoms with van der Waals surface area (Å²) in [5.41, 5.74) is 0.273. The van der Waals surface area contributed by atoms with Gasteiger partial charge in [-0.15, -0.1) is 6.58 Å². The van der Waals surface area contributed by atoms with E-state index in [4.69, 9.17) is 9.57 Å². The molecule has 88 valence electrons. The monoisotopic (exact) mass is 221 g/mol. The Morgan fingerprint density at radius 1 is 1.62 bits per heavy atom. The van der Waals surface area contributed by atoms with E-state index in [1.54, 1.807) is 0 Å². The van der Waals surface area contributed by atoms with E-state index < -0.39 is 5.60 Å². The quantitative estimate of drug-likeness (QED) is 0.539. The molecular formula is C13H19NO2. The van der Waals surface area contributed by atoms with Gasteiger partial charge in [0, 0.05) is 0 Å². The molecule has 1 aliphatic carbocycles. The summed E-state index contributed by atoms with van der Waals surface area (Å²) in [5, 5.41) is 4.14. The molecule has 0 saturated heterocycles. The molecular weight excluding hydrogens is 202 g/mol. The number of hydrogen-bond acceptors (Lipinski definition) is 3. The summed E-state index contributed by atoms with van der Waals surface area (Å²) < 4.78 is 5.57. The van der Waals surface area contributed by atoms with E-state index in [9.17, 15) is 0 Å². The zero-order chi connectivity index (χ0) is 11.8. The van der Waals surface area contributed by atoms with E-state index in [2.05, 4.69) is 18.3 Å². The summed E-state index contributed by atoms with van der Waals surface area (Å²) in [6, 6.07) is 0. The first-order valence-corrected chi connectivity index (χ1v) is 5.82. The average Bonchev–Trinajstić information content (AvgIpc) is 2.77. The maximum absolute atomic E-state index is 5.68. The molecule has 3 nitrogen and oxygen atoms in total. The van der Waals surface area contributed by atoms with Gasteiger partial charge in [-0.3, -0.25) is 0 Å². The normalized spacial score (nSPS) is 36.2. The molecule has 0 amide bonds. The standard InChI is InChI=1S/C13H19NO2/c1-5-12-8-7-9-13(12,11(4)15-6-2)16-14-10(12)3/h5H,1,4,6-9H2,2-3H3. The second-order valence-electron chi connectivity index (χ2n) is 4.48. The second kappa shape index (κ2) is 3.65. The third kappa shape index (κ3) is 1.11. The van der Waals surface area contributed by atoms with Crippen LogP contribution in [0.1, 0.15) is 33.1 Å². The Morgan fingerprint density at radius 3 is 3.00 bits per heavy atom. The van der Waals surface area contributed by atoms with Gasteiger partial charge in [-0.1, -0.05) is 17.8 Å². The SMILES string of the molecule is C=CC12CCCC1(C(=C)OCC)ON=C2C. The van der Waals surface area contributed by atoms with Gasteiger partial charge >= 0.3 is 0 Å². The Kier molecular flexibility index (Phi) is 2.56. The molecule has 3 heteroatoms. The van der Waals surface area contributed by atoms with Crippen LogP contribution in [0.5, 0.6) is 0 Å². The second-order valence-corrected chi connectivity index (χ2v) is 4.48. The van der Waals surface area contributed by atoms with Gasteiger partial charge in [0.25, 0.3) is 0 Å². The van der Waals surface area contributed by atoms with E-state index in [1.807, 2.05) is 19.9 Å². The highest BCUT2D eigenvalue weighted by molar-refractivity contribution is 5.93. The van der Waals surface area contributed by atoms with E-state index >= 15 is 0 Å². The van der Waals surface area contributed by atoms with Crippen LogP contribution in [-0.2, 0) is 9.57 Å². The van der Waals surface area contributed by atoms with Gasteiger partial charge in [0.1, 0.15) is 5.76 Å². The molecule has 1 saturated carbocycles. The highest BCUT2D eigenvalue weighted by atomic mass is 16.7. The van der Waals surface area contributed by atoms with Crippen molar-refractivity contribution in [3.05, 3.63) is 25.0 Å². The zero-order valence-electron chi connectivity index (χ0n) is 10.1. The first kappa shape index (κ1) is 11.2. The molecule has 2 unspecified atom stereocenters. The van der Waals surface area contributed by atoms with E-state index in [1.165, 1.54) is 0 Å². The predicted octanol–water partition coefficient (Wildman–Crippen LogP) is 3.04. The first-order chi connectivity index (χ1) is 7.63. The lowest BCUT2D eigenvalue weighted by molar-refractivity contribution is -0.0600. The van der Waals surface area contributed by atoms with Crippen molar-refractivity contribution in [2.24, 2.45) is 10.6 Å². The van der Waals surface area contributed by atoms with Crippen LogP contribution >= 0.6 is 0 Å². The zero-order valence-corrected chi connectivity index (χ0v) is 10.1. The molecule has 0 radical (unpaired) electrons. The van der Waals surface area contributed by atoms with Gasteiger partial charge in [0.2, 0.25) is 5.60 Å². The van der Waals surface area contributed by atoms with Crippen molar-refractivity contribution >= 4 is 5.71 Å². The highest BCUT2D eigenvalue weighted by Crippen LogP contribution is 2.57. The molecule has 0 aromatic rings. The van der Waals surface area contributed by atoms with E-state index in [0.29, 0.717) is 12.4 Å². The largest absolute Gasteiger partial charge is 0.494 e. The molecule has 16 heavy (non-hydrogen) atoms. The van der Waals surface area contributed by atoms with Crippen LogP contribution in [0.4, 0.5) is 0 Å². The van der Waals surface area contributed by atoms with Gasteiger partial charge in [-0.05, 0) is 33.1 Å². The van der Waals surface area contributed by atoms with Crippen LogP contribution in [-0.4, -0.2) is 17.9 Å². The first-order valence-electron chi connectivity index (χ1n) is 5.82. The number of hydrogen-bond donors (Lipinski definition) is 0. The third-order valence-corrected chi connectivity index (χ3v) is 3.92. The van der Waals surface area contributed by atoms with Crippen molar-refractivity contribution in [1.29, 1.82) is 0 Å². The maximum atomic E-state index is 5.68. The molecule has 2 aliphatic rings.